The zero-order valence-electron chi connectivity index (χ0n) is 36.3. The summed E-state index contributed by atoms with van der Waals surface area (Å²) >= 11 is 0. The van der Waals surface area contributed by atoms with E-state index in [1.807, 2.05) is 30.3 Å². The van der Waals surface area contributed by atoms with Crippen LogP contribution in [-0.4, -0.2) is 121 Å². The van der Waals surface area contributed by atoms with E-state index in [2.05, 4.69) is 23.7 Å². The highest BCUT2D eigenvalue weighted by Gasteiger charge is 2.45. The third kappa shape index (κ3) is 11.0. The van der Waals surface area contributed by atoms with Crippen LogP contribution in [-0.2, 0) is 49.0 Å². The second kappa shape index (κ2) is 19.0. The summed E-state index contributed by atoms with van der Waals surface area (Å²) in [6, 6.07) is 14.5. The Morgan fingerprint density at radius 3 is 1.65 bits per heavy atom. The second-order valence-corrected chi connectivity index (χ2v) is 21.5. The molecule has 0 aliphatic carbocycles. The number of aliphatic hydroxyl groups excluding tert-OH is 1. The van der Waals surface area contributed by atoms with Gasteiger partial charge in [0.1, 0.15) is 11.4 Å². The van der Waals surface area contributed by atoms with Gasteiger partial charge in [-0.25, -0.2) is 41.8 Å². The van der Waals surface area contributed by atoms with E-state index in [4.69, 9.17) is 15.5 Å². The highest BCUT2D eigenvalue weighted by Crippen LogP contribution is 2.30. The van der Waals surface area contributed by atoms with E-state index in [0.29, 0.717) is 16.8 Å². The van der Waals surface area contributed by atoms with E-state index in [1.165, 1.54) is 62.1 Å². The number of hydrogen-bond donors (Lipinski definition) is 6. The largest absolute Gasteiger partial charge is 0.392 e. The fourth-order valence-corrected chi connectivity index (χ4v) is 8.45. The SMILES string of the molecule is CC(C)(O)C#Cc1ccc(-c2cc3n(c2)C(=O)N(CC[C@](C)(C(=O)NO)S(C)(=O)=O)C3)cc1.C[C@@](CCN1Cc2cc(C#Cc3ccc(CO)cc3F)cn2C1=O)(C(=O)NO)S(C)(=O)=O. The van der Waals surface area contributed by atoms with Crippen LogP contribution in [0.1, 0.15) is 74.2 Å². The van der Waals surface area contributed by atoms with Gasteiger partial charge in [0.05, 0.1) is 25.3 Å². The zero-order chi connectivity index (χ0) is 48.3. The molecule has 2 aliphatic rings. The van der Waals surface area contributed by atoms with Crippen LogP contribution in [0, 0.1) is 29.5 Å². The lowest BCUT2D eigenvalue weighted by atomic mass is 10.1. The zero-order valence-corrected chi connectivity index (χ0v) is 38.0. The van der Waals surface area contributed by atoms with E-state index in [-0.39, 0.29) is 57.2 Å². The Morgan fingerprint density at radius 1 is 0.708 bits per heavy atom. The van der Waals surface area contributed by atoms with E-state index >= 15 is 0 Å². The van der Waals surface area contributed by atoms with Gasteiger partial charge in [-0.05, 0) is 88.1 Å². The van der Waals surface area contributed by atoms with Crippen molar-refractivity contribution in [1.29, 1.82) is 0 Å². The van der Waals surface area contributed by atoms with Gasteiger partial charge in [-0.1, -0.05) is 41.9 Å². The Kier molecular flexibility index (Phi) is 14.5. The fourth-order valence-electron chi connectivity index (χ4n) is 6.76. The van der Waals surface area contributed by atoms with Gasteiger partial charge in [0.15, 0.2) is 29.2 Å². The maximum atomic E-state index is 14.0. The molecular weight excluding hydrogens is 888 g/mol. The van der Waals surface area contributed by atoms with Crippen molar-refractivity contribution in [3.8, 4) is 34.8 Å². The van der Waals surface area contributed by atoms with Gasteiger partial charge in [-0.15, -0.1) is 0 Å². The summed E-state index contributed by atoms with van der Waals surface area (Å²) in [4.78, 5) is 52.3. The third-order valence-electron chi connectivity index (χ3n) is 11.3. The molecule has 4 aromatic rings. The summed E-state index contributed by atoms with van der Waals surface area (Å²) in [6.45, 7) is 5.82. The van der Waals surface area contributed by atoms with Gasteiger partial charge in [-0.3, -0.25) is 29.1 Å². The van der Waals surface area contributed by atoms with Gasteiger partial charge in [0, 0.05) is 66.1 Å². The number of hydroxylamine groups is 2. The number of aromatic nitrogens is 2. The van der Waals surface area contributed by atoms with Crippen molar-refractivity contribution in [2.45, 2.75) is 75.3 Å². The molecule has 21 heteroatoms. The highest BCUT2D eigenvalue weighted by atomic mass is 32.2. The average Bonchev–Trinajstić information content (AvgIpc) is 4.00. The summed E-state index contributed by atoms with van der Waals surface area (Å²) in [7, 11) is -7.71. The number of nitrogens with one attached hydrogen (secondary N) is 2. The molecule has 0 saturated carbocycles. The number of nitrogens with zero attached hydrogens (tertiary/aromatic N) is 4. The minimum Gasteiger partial charge on any atom is -0.392 e. The molecule has 4 heterocycles. The molecule has 6 N–H and O–H groups in total. The average molecular weight is 937 g/mol. The Hall–Kier alpha value is -6.33. The van der Waals surface area contributed by atoms with Crippen LogP contribution in [0.5, 0.6) is 0 Å². The summed E-state index contributed by atoms with van der Waals surface area (Å²) in [6.07, 6.45) is 4.67. The number of benzene rings is 2. The Labute approximate surface area is 375 Å². The standard InChI is InChI=1S/C23H27N3O6S.C21H22FN3O6S/c1-22(2,29)10-9-16-5-7-17(8-6-16)18-13-19-15-25(21(28)26(19)14-18)12-11-23(3,20(27)24-30)33(4,31)32;1-21(19(27)23-29,32(2,30)31)7-8-24-12-17-9-14(11-25(17)20(24)28)3-5-16-6-4-15(13-26)10-18(16)22/h5-8,13-14,29-30H,11-12,15H2,1-4H3,(H,24,27);4,6,9-11,26,29H,7-8,12-13H2,1-2H3,(H,23,27)/t23-;21-/m11/s1. The van der Waals surface area contributed by atoms with Crippen LogP contribution in [0.25, 0.3) is 11.1 Å². The van der Waals surface area contributed by atoms with Crippen molar-refractivity contribution in [1.82, 2.24) is 29.9 Å². The van der Waals surface area contributed by atoms with Gasteiger partial charge in [0.25, 0.3) is 11.8 Å². The maximum absolute atomic E-state index is 14.0. The number of sulfone groups is 2. The molecule has 65 heavy (non-hydrogen) atoms. The summed E-state index contributed by atoms with van der Waals surface area (Å²) in [5.41, 5.74) is 6.66. The molecule has 18 nitrogen and oxygen atoms in total. The second-order valence-electron chi connectivity index (χ2n) is 16.6. The van der Waals surface area contributed by atoms with Crippen LogP contribution in [0.15, 0.2) is 67.0 Å². The number of hydrogen-bond acceptors (Lipinski definition) is 12. The summed E-state index contributed by atoms with van der Waals surface area (Å²) in [5, 5.41) is 36.6. The van der Waals surface area contributed by atoms with Crippen LogP contribution in [0.3, 0.4) is 0 Å². The van der Waals surface area contributed by atoms with Gasteiger partial charge in [0.2, 0.25) is 0 Å². The van der Waals surface area contributed by atoms with Crippen molar-refractivity contribution in [2.75, 3.05) is 25.6 Å². The number of carbonyl (C=O) groups excluding carboxylic acids is 4. The van der Waals surface area contributed by atoms with Crippen molar-refractivity contribution in [3.63, 3.8) is 0 Å². The minimum absolute atomic E-state index is 0.0269. The number of rotatable bonds is 12. The number of halogens is 1. The lowest BCUT2D eigenvalue weighted by molar-refractivity contribution is -0.132. The third-order valence-corrected chi connectivity index (χ3v) is 15.3. The molecule has 6 rings (SSSR count). The molecule has 0 unspecified atom stereocenters. The summed E-state index contributed by atoms with van der Waals surface area (Å²) in [5.74, 6) is 8.51. The lowest BCUT2D eigenvalue weighted by Crippen LogP contribution is -2.50. The Bertz CT molecular complexity index is 2880. The first-order valence-electron chi connectivity index (χ1n) is 19.8. The molecule has 0 spiro atoms. The molecule has 0 saturated heterocycles. The summed E-state index contributed by atoms with van der Waals surface area (Å²) < 4.78 is 61.5. The molecular formula is C44H49FN6O12S2. The molecule has 2 aromatic heterocycles. The molecule has 2 atom stereocenters. The van der Waals surface area contributed by atoms with Gasteiger partial charge in [-0.2, -0.15) is 0 Å². The molecule has 346 valence electrons. The van der Waals surface area contributed by atoms with E-state index in [9.17, 15) is 45.5 Å². The first-order valence-corrected chi connectivity index (χ1v) is 23.6. The number of carbonyl (C=O) groups is 4. The number of amides is 4. The minimum atomic E-state index is -3.87. The molecule has 2 aromatic carbocycles. The monoisotopic (exact) mass is 936 g/mol. The lowest BCUT2D eigenvalue weighted by Gasteiger charge is -2.27. The van der Waals surface area contributed by atoms with Gasteiger partial charge < -0.3 is 20.0 Å². The molecule has 4 amide bonds. The van der Waals surface area contributed by atoms with Crippen molar-refractivity contribution in [2.24, 2.45) is 0 Å². The number of fused-ring (bicyclic) bond motifs is 2. The topological polar surface area (TPSA) is 258 Å². The highest BCUT2D eigenvalue weighted by molar-refractivity contribution is 7.93. The Balaban J connectivity index is 0.000000244. The van der Waals surface area contributed by atoms with E-state index in [0.717, 1.165) is 34.9 Å². The van der Waals surface area contributed by atoms with Crippen molar-refractivity contribution >= 4 is 43.6 Å². The van der Waals surface area contributed by atoms with Crippen LogP contribution < -0.4 is 11.0 Å². The predicted molar refractivity (Wildman–Crippen MR) is 234 cm³/mol. The quantitative estimate of drug-likeness (QED) is 0.0681. The van der Waals surface area contributed by atoms with E-state index in [1.54, 1.807) is 32.2 Å². The first-order chi connectivity index (χ1) is 30.2. The smallest absolute Gasteiger partial charge is 0.328 e. The fraction of sp³-hybridized carbons (Fsp3) is 0.364. The molecule has 0 radical (unpaired) electrons. The van der Waals surface area contributed by atoms with E-state index < -0.39 is 58.4 Å². The molecule has 0 bridgehead atoms. The maximum Gasteiger partial charge on any atom is 0.328 e. The molecule has 0 fully saturated rings. The predicted octanol–water partition coefficient (Wildman–Crippen LogP) is 2.76. The van der Waals surface area contributed by atoms with Crippen molar-refractivity contribution in [3.05, 3.63) is 106 Å². The van der Waals surface area contributed by atoms with Gasteiger partial charge >= 0.3 is 12.1 Å². The normalized spacial score (nSPS) is 15.2. The van der Waals surface area contributed by atoms with Crippen molar-refractivity contribution < 1.29 is 61.0 Å². The van der Waals surface area contributed by atoms with Crippen LogP contribution in [0.4, 0.5) is 14.0 Å². The Morgan fingerprint density at radius 2 is 1.22 bits per heavy atom. The van der Waals surface area contributed by atoms with Crippen LogP contribution in [0.2, 0.25) is 0 Å². The van der Waals surface area contributed by atoms with Crippen LogP contribution >= 0.6 is 0 Å². The number of aliphatic hydroxyl groups is 2. The first kappa shape index (κ1) is 49.7. The molecule has 2 aliphatic heterocycles.